The van der Waals surface area contributed by atoms with Crippen LogP contribution in [0.4, 0.5) is 5.69 Å². The highest BCUT2D eigenvalue weighted by Gasteiger charge is 2.15. The molecule has 0 saturated carbocycles. The predicted octanol–water partition coefficient (Wildman–Crippen LogP) is 3.30. The summed E-state index contributed by atoms with van der Waals surface area (Å²) in [7, 11) is 0. The van der Waals surface area contributed by atoms with Gasteiger partial charge in [0.15, 0.2) is 0 Å². The topological polar surface area (TPSA) is 80.3 Å². The van der Waals surface area contributed by atoms with Crippen molar-refractivity contribution in [3.8, 4) is 0 Å². The van der Waals surface area contributed by atoms with E-state index in [0.717, 1.165) is 31.4 Å². The average molecular weight is 367 g/mol. The summed E-state index contributed by atoms with van der Waals surface area (Å²) in [5.41, 5.74) is 2.23. The van der Waals surface area contributed by atoms with Gasteiger partial charge in [-0.25, -0.2) is 0 Å². The number of nitrogens with one attached hydrogen (secondary N) is 2. The Morgan fingerprint density at radius 3 is 2.56 bits per heavy atom. The highest BCUT2D eigenvalue weighted by molar-refractivity contribution is 5.95. The number of aromatic nitrogens is 1. The van der Waals surface area contributed by atoms with Gasteiger partial charge in [0, 0.05) is 43.2 Å². The molecule has 1 aliphatic heterocycles. The van der Waals surface area contributed by atoms with Gasteiger partial charge in [0.05, 0.1) is 6.10 Å². The van der Waals surface area contributed by atoms with Gasteiger partial charge in [-0.2, -0.15) is 0 Å². The highest BCUT2D eigenvalue weighted by atomic mass is 16.5. The van der Waals surface area contributed by atoms with E-state index in [1.807, 2.05) is 12.1 Å². The zero-order valence-electron chi connectivity index (χ0n) is 15.3. The first-order valence-electron chi connectivity index (χ1n) is 9.39. The van der Waals surface area contributed by atoms with Crippen LogP contribution >= 0.6 is 0 Å². The summed E-state index contributed by atoms with van der Waals surface area (Å²) in [5.74, 6) is -0.182. The van der Waals surface area contributed by atoms with Gasteiger partial charge in [0.25, 0.3) is 5.91 Å². The van der Waals surface area contributed by atoms with Gasteiger partial charge in [-0.3, -0.25) is 14.6 Å². The van der Waals surface area contributed by atoms with Crippen molar-refractivity contribution in [3.05, 3.63) is 59.9 Å². The molecule has 142 valence electrons. The molecule has 2 amide bonds. The van der Waals surface area contributed by atoms with Crippen molar-refractivity contribution in [2.24, 2.45) is 0 Å². The zero-order chi connectivity index (χ0) is 18.9. The average Bonchev–Trinajstić information content (AvgIpc) is 2.72. The fourth-order valence-corrected chi connectivity index (χ4v) is 3.04. The van der Waals surface area contributed by atoms with Crippen LogP contribution in [-0.2, 0) is 16.1 Å². The van der Waals surface area contributed by atoms with Crippen molar-refractivity contribution in [1.82, 2.24) is 10.3 Å². The van der Waals surface area contributed by atoms with Crippen molar-refractivity contribution in [2.45, 2.75) is 44.8 Å². The molecule has 1 atom stereocenters. The van der Waals surface area contributed by atoms with Crippen LogP contribution in [0.3, 0.4) is 0 Å². The van der Waals surface area contributed by atoms with Crippen LogP contribution in [0.5, 0.6) is 0 Å². The van der Waals surface area contributed by atoms with E-state index in [4.69, 9.17) is 4.74 Å². The molecular weight excluding hydrogens is 342 g/mol. The lowest BCUT2D eigenvalue weighted by atomic mass is 10.0. The van der Waals surface area contributed by atoms with Crippen LogP contribution < -0.4 is 10.6 Å². The van der Waals surface area contributed by atoms with Crippen LogP contribution in [0, 0.1) is 0 Å². The van der Waals surface area contributed by atoms with Gasteiger partial charge < -0.3 is 15.4 Å². The molecule has 1 aliphatic rings. The number of rotatable bonds is 7. The fraction of sp³-hybridized carbons (Fsp3) is 0.381. The Morgan fingerprint density at radius 1 is 1.07 bits per heavy atom. The summed E-state index contributed by atoms with van der Waals surface area (Å²) >= 11 is 0. The zero-order valence-corrected chi connectivity index (χ0v) is 15.3. The van der Waals surface area contributed by atoms with Crippen molar-refractivity contribution >= 4 is 17.5 Å². The monoisotopic (exact) mass is 367 g/mol. The second kappa shape index (κ2) is 9.83. The van der Waals surface area contributed by atoms with Gasteiger partial charge in [-0.15, -0.1) is 0 Å². The molecule has 2 aromatic rings. The van der Waals surface area contributed by atoms with E-state index in [1.54, 1.807) is 36.7 Å². The molecule has 0 bridgehead atoms. The van der Waals surface area contributed by atoms with Gasteiger partial charge in [0.1, 0.15) is 0 Å². The minimum Gasteiger partial charge on any atom is -0.378 e. The molecule has 0 spiro atoms. The van der Waals surface area contributed by atoms with Crippen LogP contribution in [0.25, 0.3) is 0 Å². The first-order chi connectivity index (χ1) is 13.2. The largest absolute Gasteiger partial charge is 0.378 e. The fourth-order valence-electron chi connectivity index (χ4n) is 3.04. The maximum Gasteiger partial charge on any atom is 0.251 e. The molecule has 1 fully saturated rings. The van der Waals surface area contributed by atoms with Crippen molar-refractivity contribution in [2.75, 3.05) is 11.9 Å². The smallest absolute Gasteiger partial charge is 0.251 e. The van der Waals surface area contributed by atoms with Crippen LogP contribution in [0.15, 0.2) is 48.8 Å². The Labute approximate surface area is 159 Å². The Hall–Kier alpha value is -2.73. The molecular formula is C21H25N3O3. The number of ether oxygens (including phenoxy) is 1. The third-order valence-corrected chi connectivity index (χ3v) is 4.60. The quantitative estimate of drug-likeness (QED) is 0.787. The number of hydrogen-bond acceptors (Lipinski definition) is 4. The Balaban J connectivity index is 1.43. The molecule has 6 nitrogen and oxygen atoms in total. The number of benzene rings is 1. The third-order valence-electron chi connectivity index (χ3n) is 4.60. The molecule has 1 saturated heterocycles. The van der Waals surface area contributed by atoms with Gasteiger partial charge in [-0.1, -0.05) is 0 Å². The lowest BCUT2D eigenvalue weighted by molar-refractivity contribution is -0.117. The number of anilines is 1. The van der Waals surface area contributed by atoms with Gasteiger partial charge in [0.2, 0.25) is 5.91 Å². The standard InChI is InChI=1S/C21H25N3O3/c25-20(9-8-19-3-1-2-14-27-19)24-18-6-4-17(5-7-18)21(26)23-15-16-10-12-22-13-11-16/h4-7,10-13,19H,1-3,8-9,14-15H2,(H,23,26)(H,24,25)/t19-/m0/s1. The molecule has 2 N–H and O–H groups in total. The number of carbonyl (C=O) groups is 2. The van der Waals surface area contributed by atoms with E-state index in [-0.39, 0.29) is 17.9 Å². The first-order valence-corrected chi connectivity index (χ1v) is 9.39. The van der Waals surface area contributed by atoms with Crippen LogP contribution in [-0.4, -0.2) is 29.5 Å². The molecule has 2 heterocycles. The Bertz CT molecular complexity index is 741. The normalized spacial score (nSPS) is 16.5. The summed E-state index contributed by atoms with van der Waals surface area (Å²) in [6.45, 7) is 1.25. The molecule has 0 unspecified atom stereocenters. The second-order valence-electron chi connectivity index (χ2n) is 6.69. The molecule has 0 aliphatic carbocycles. The Kier molecular flexibility index (Phi) is 6.93. The van der Waals surface area contributed by atoms with E-state index in [2.05, 4.69) is 15.6 Å². The van der Waals surface area contributed by atoms with E-state index in [9.17, 15) is 9.59 Å². The minimum absolute atomic E-state index is 0.0286. The molecule has 1 aromatic heterocycles. The van der Waals surface area contributed by atoms with Gasteiger partial charge >= 0.3 is 0 Å². The van der Waals surface area contributed by atoms with Crippen molar-refractivity contribution < 1.29 is 14.3 Å². The summed E-state index contributed by atoms with van der Waals surface area (Å²) < 4.78 is 5.65. The molecule has 1 aromatic carbocycles. The van der Waals surface area contributed by atoms with Crippen molar-refractivity contribution in [1.29, 1.82) is 0 Å². The first kappa shape index (κ1) is 19.0. The lowest BCUT2D eigenvalue weighted by Crippen LogP contribution is -2.23. The maximum atomic E-state index is 12.2. The summed E-state index contributed by atoms with van der Waals surface area (Å²) in [4.78, 5) is 28.2. The molecule has 3 rings (SSSR count). The summed E-state index contributed by atoms with van der Waals surface area (Å²) in [6, 6.07) is 10.6. The summed E-state index contributed by atoms with van der Waals surface area (Å²) in [5, 5.41) is 5.74. The Morgan fingerprint density at radius 2 is 1.85 bits per heavy atom. The highest BCUT2D eigenvalue weighted by Crippen LogP contribution is 2.17. The molecule has 0 radical (unpaired) electrons. The third kappa shape index (κ3) is 6.18. The minimum atomic E-state index is -0.154. The van der Waals surface area contributed by atoms with Gasteiger partial charge in [-0.05, 0) is 67.6 Å². The van der Waals surface area contributed by atoms with E-state index in [1.165, 1.54) is 6.42 Å². The van der Waals surface area contributed by atoms with Crippen LogP contribution in [0.2, 0.25) is 0 Å². The van der Waals surface area contributed by atoms with Crippen LogP contribution in [0.1, 0.15) is 48.0 Å². The van der Waals surface area contributed by atoms with E-state index in [0.29, 0.717) is 24.2 Å². The summed E-state index contributed by atoms with van der Waals surface area (Å²) in [6.07, 6.45) is 8.12. The van der Waals surface area contributed by atoms with E-state index >= 15 is 0 Å². The predicted molar refractivity (Wildman–Crippen MR) is 103 cm³/mol. The lowest BCUT2D eigenvalue weighted by Gasteiger charge is -2.22. The molecule has 6 heteroatoms. The maximum absolute atomic E-state index is 12.2. The van der Waals surface area contributed by atoms with Crippen molar-refractivity contribution in [3.63, 3.8) is 0 Å². The number of nitrogens with zero attached hydrogens (tertiary/aromatic N) is 1. The number of carbonyl (C=O) groups excluding carboxylic acids is 2. The van der Waals surface area contributed by atoms with E-state index < -0.39 is 0 Å². The number of pyridine rings is 1. The number of hydrogen-bond donors (Lipinski definition) is 2. The SMILES string of the molecule is O=C(CC[C@@H]1CCCCO1)Nc1ccc(C(=O)NCc2ccncc2)cc1. The second-order valence-corrected chi connectivity index (χ2v) is 6.69. The number of amides is 2. The molecule has 27 heavy (non-hydrogen) atoms.